The minimum atomic E-state index is 1.17. The first-order valence-electron chi connectivity index (χ1n) is 21.6. The van der Waals surface area contributed by atoms with E-state index in [0.717, 1.165) is 0 Å². The molecule has 63 heavy (non-hydrogen) atoms. The molecular weight excluding hydrogens is 781 g/mol. The highest BCUT2D eigenvalue weighted by Gasteiger charge is 2.22. The van der Waals surface area contributed by atoms with Crippen LogP contribution in [0.5, 0.6) is 0 Å². The molecule has 0 atom stereocenters. The van der Waals surface area contributed by atoms with Gasteiger partial charge >= 0.3 is 0 Å². The molecule has 0 aliphatic rings. The summed E-state index contributed by atoms with van der Waals surface area (Å²) in [6.07, 6.45) is 0. The second-order valence-corrected chi connectivity index (χ2v) is 17.5. The highest BCUT2D eigenvalue weighted by molar-refractivity contribution is 7.26. The van der Waals surface area contributed by atoms with Crippen molar-refractivity contribution in [2.45, 2.75) is 0 Å². The van der Waals surface area contributed by atoms with Gasteiger partial charge in [-0.3, -0.25) is 0 Å². The van der Waals surface area contributed by atoms with E-state index < -0.39 is 0 Å². The average molecular weight is 819 g/mol. The van der Waals surface area contributed by atoms with Crippen molar-refractivity contribution in [3.05, 3.63) is 231 Å². The van der Waals surface area contributed by atoms with E-state index in [1.165, 1.54) is 120 Å². The quantitative estimate of drug-likeness (QED) is 0.158. The van der Waals surface area contributed by atoms with E-state index in [0.29, 0.717) is 0 Å². The number of aromatic nitrogens is 2. The fourth-order valence-corrected chi connectivity index (χ4v) is 11.4. The summed E-state index contributed by atoms with van der Waals surface area (Å²) in [6.45, 7) is 0. The molecule has 0 bridgehead atoms. The molecule has 0 spiro atoms. The number of benzene rings is 10. The Balaban J connectivity index is 1.07. The maximum atomic E-state index is 2.52. The molecule has 3 aromatic heterocycles. The summed E-state index contributed by atoms with van der Waals surface area (Å²) in [5, 5.41) is 7.56. The Hall–Kier alpha value is -7.98. The van der Waals surface area contributed by atoms with Gasteiger partial charge in [0.05, 0.1) is 38.1 Å². The van der Waals surface area contributed by atoms with Crippen molar-refractivity contribution in [2.75, 3.05) is 0 Å². The van der Waals surface area contributed by atoms with E-state index in [1.807, 2.05) is 11.3 Å². The Bertz CT molecular complexity index is 3900. The van der Waals surface area contributed by atoms with Crippen molar-refractivity contribution in [2.24, 2.45) is 0 Å². The SMILES string of the molecule is c1ccc(-c2cccc(-c3ccc(-n4c5ccccc5c5ccc(-c6cccc7c8ccccc8n(-c8ccccc8-c8ccccc8)c67)cc54)c4sc5ccccc5c34)c2)cc1. The van der Waals surface area contributed by atoms with Crippen molar-refractivity contribution in [3.8, 4) is 55.9 Å². The predicted molar refractivity (Wildman–Crippen MR) is 270 cm³/mol. The van der Waals surface area contributed by atoms with Gasteiger partial charge in [-0.25, -0.2) is 0 Å². The Labute approximate surface area is 368 Å². The van der Waals surface area contributed by atoms with Gasteiger partial charge in [0.2, 0.25) is 0 Å². The lowest BCUT2D eigenvalue weighted by atomic mass is 9.95. The van der Waals surface area contributed by atoms with Crippen LogP contribution >= 0.6 is 11.3 Å². The van der Waals surface area contributed by atoms with Crippen LogP contribution in [0.1, 0.15) is 0 Å². The minimum absolute atomic E-state index is 1.17. The molecule has 3 heteroatoms. The van der Waals surface area contributed by atoms with Gasteiger partial charge in [0.25, 0.3) is 0 Å². The number of fused-ring (bicyclic) bond motifs is 9. The largest absolute Gasteiger partial charge is 0.308 e. The van der Waals surface area contributed by atoms with Gasteiger partial charge in [0.1, 0.15) is 0 Å². The molecule has 10 aromatic carbocycles. The van der Waals surface area contributed by atoms with Crippen molar-refractivity contribution < 1.29 is 0 Å². The highest BCUT2D eigenvalue weighted by atomic mass is 32.1. The fourth-order valence-electron chi connectivity index (χ4n) is 10.2. The van der Waals surface area contributed by atoms with Crippen LogP contribution in [0, 0.1) is 0 Å². The molecule has 3 heterocycles. The number of thiophene rings is 1. The van der Waals surface area contributed by atoms with Crippen molar-refractivity contribution in [1.29, 1.82) is 0 Å². The van der Waals surface area contributed by atoms with Gasteiger partial charge < -0.3 is 9.13 Å². The lowest BCUT2D eigenvalue weighted by Crippen LogP contribution is -1.98. The molecule has 0 aliphatic heterocycles. The molecule has 0 radical (unpaired) electrons. The predicted octanol–water partition coefficient (Wildman–Crippen LogP) is 16.9. The van der Waals surface area contributed by atoms with E-state index in [-0.39, 0.29) is 0 Å². The molecule has 2 nitrogen and oxygen atoms in total. The van der Waals surface area contributed by atoms with E-state index in [9.17, 15) is 0 Å². The molecule has 0 aliphatic carbocycles. The molecule has 294 valence electrons. The van der Waals surface area contributed by atoms with Crippen LogP contribution in [-0.2, 0) is 0 Å². The van der Waals surface area contributed by atoms with E-state index in [2.05, 4.69) is 240 Å². The van der Waals surface area contributed by atoms with Gasteiger partial charge in [-0.2, -0.15) is 0 Å². The van der Waals surface area contributed by atoms with Gasteiger partial charge in [-0.05, 0) is 75.8 Å². The third-order valence-electron chi connectivity index (χ3n) is 12.9. The molecular formula is C60H38N2S. The number of rotatable bonds is 6. The second-order valence-electron chi connectivity index (χ2n) is 16.4. The molecule has 13 rings (SSSR count). The number of para-hydroxylation sites is 4. The van der Waals surface area contributed by atoms with Crippen molar-refractivity contribution in [3.63, 3.8) is 0 Å². The molecule has 13 aromatic rings. The number of nitrogens with zero attached hydrogens (tertiary/aromatic N) is 2. The zero-order chi connectivity index (χ0) is 41.4. The highest BCUT2D eigenvalue weighted by Crippen LogP contribution is 2.47. The molecule has 0 unspecified atom stereocenters. The number of hydrogen-bond donors (Lipinski definition) is 0. The Morgan fingerprint density at radius 1 is 0.286 bits per heavy atom. The fraction of sp³-hybridized carbons (Fsp3) is 0. The third-order valence-corrected chi connectivity index (χ3v) is 14.1. The first-order valence-corrected chi connectivity index (χ1v) is 22.4. The average Bonchev–Trinajstić information content (AvgIpc) is 4.02. The Kier molecular flexibility index (Phi) is 8.12. The summed E-state index contributed by atoms with van der Waals surface area (Å²) in [6, 6.07) is 84.6. The van der Waals surface area contributed by atoms with Gasteiger partial charge in [0, 0.05) is 48.1 Å². The van der Waals surface area contributed by atoms with Gasteiger partial charge in [-0.1, -0.05) is 188 Å². The first-order chi connectivity index (χ1) is 31.3. The van der Waals surface area contributed by atoms with Gasteiger partial charge in [0.15, 0.2) is 0 Å². The Morgan fingerprint density at radius 3 is 1.68 bits per heavy atom. The zero-order valence-corrected chi connectivity index (χ0v) is 35.1. The van der Waals surface area contributed by atoms with Crippen LogP contribution < -0.4 is 0 Å². The standard InChI is InChI=1S/C60H38N2S/c1-3-17-39(18-4-1)41-21-15-22-42(37-41)45-35-36-55(60-58(45)51-26-10-14-32-57(51)63-60)61-53-30-12-8-24-47(53)49-34-33-43(38-56(49)61)46-27-16-28-50-48-25-9-13-31-54(48)62(59(46)50)52-29-11-7-23-44(52)40-19-5-2-6-20-40/h1-38H. The van der Waals surface area contributed by atoms with Crippen LogP contribution in [0.3, 0.4) is 0 Å². The second kappa shape index (κ2) is 14.3. The lowest BCUT2D eigenvalue weighted by molar-refractivity contribution is 1.18. The third kappa shape index (κ3) is 5.57. The van der Waals surface area contributed by atoms with Crippen molar-refractivity contribution >= 4 is 75.1 Å². The maximum absolute atomic E-state index is 2.52. The summed E-state index contributed by atoms with van der Waals surface area (Å²) < 4.78 is 7.59. The maximum Gasteiger partial charge on any atom is 0.0641 e. The minimum Gasteiger partial charge on any atom is -0.308 e. The number of hydrogen-bond acceptors (Lipinski definition) is 1. The topological polar surface area (TPSA) is 9.86 Å². The van der Waals surface area contributed by atoms with Crippen molar-refractivity contribution in [1.82, 2.24) is 9.13 Å². The molecule has 0 fully saturated rings. The van der Waals surface area contributed by atoms with E-state index >= 15 is 0 Å². The van der Waals surface area contributed by atoms with Crippen LogP contribution in [0.2, 0.25) is 0 Å². The van der Waals surface area contributed by atoms with Crippen LogP contribution in [0.25, 0.3) is 120 Å². The summed E-state index contributed by atoms with van der Waals surface area (Å²) >= 11 is 1.89. The summed E-state index contributed by atoms with van der Waals surface area (Å²) in [5.74, 6) is 0. The Morgan fingerprint density at radius 2 is 0.857 bits per heavy atom. The van der Waals surface area contributed by atoms with E-state index in [4.69, 9.17) is 0 Å². The lowest BCUT2D eigenvalue weighted by Gasteiger charge is -2.16. The van der Waals surface area contributed by atoms with Crippen LogP contribution in [0.15, 0.2) is 231 Å². The summed E-state index contributed by atoms with van der Waals surface area (Å²) in [4.78, 5) is 0. The molecule has 0 N–H and O–H groups in total. The smallest absolute Gasteiger partial charge is 0.0641 e. The summed E-state index contributed by atoms with van der Waals surface area (Å²) in [7, 11) is 0. The monoisotopic (exact) mass is 818 g/mol. The van der Waals surface area contributed by atoms with E-state index in [1.54, 1.807) is 0 Å². The first kappa shape index (κ1) is 35.7. The van der Waals surface area contributed by atoms with Crippen LogP contribution in [-0.4, -0.2) is 9.13 Å². The molecule has 0 amide bonds. The molecule has 0 saturated carbocycles. The normalized spacial score (nSPS) is 11.8. The van der Waals surface area contributed by atoms with Crippen LogP contribution in [0.4, 0.5) is 0 Å². The molecule has 0 saturated heterocycles. The summed E-state index contributed by atoms with van der Waals surface area (Å²) in [5.41, 5.74) is 16.8. The van der Waals surface area contributed by atoms with Gasteiger partial charge in [-0.15, -0.1) is 11.3 Å². The zero-order valence-electron chi connectivity index (χ0n) is 34.2.